The van der Waals surface area contributed by atoms with Gasteiger partial charge in [0.15, 0.2) is 0 Å². The summed E-state index contributed by atoms with van der Waals surface area (Å²) in [7, 11) is 1.30. The second-order valence-electron chi connectivity index (χ2n) is 7.00. The highest BCUT2D eigenvalue weighted by Gasteiger charge is 2.37. The van der Waals surface area contributed by atoms with Gasteiger partial charge in [0.05, 0.1) is 30.8 Å². The fourth-order valence-electron chi connectivity index (χ4n) is 3.37. The Bertz CT molecular complexity index is 1100. The number of furan rings is 1. The first-order chi connectivity index (χ1) is 15.5. The molecule has 0 bridgehead atoms. The Morgan fingerprint density at radius 3 is 2.62 bits per heavy atom. The zero-order valence-corrected chi connectivity index (χ0v) is 18.1. The van der Waals surface area contributed by atoms with Crippen LogP contribution in [0.2, 0.25) is 0 Å². The average molecular weight is 456 g/mol. The Labute approximate surface area is 187 Å². The van der Waals surface area contributed by atoms with Crippen LogP contribution in [0.3, 0.4) is 0 Å². The minimum atomic E-state index is -0.547. The molecule has 2 saturated heterocycles. The highest BCUT2D eigenvalue weighted by atomic mass is 32.2. The molecule has 0 N–H and O–H groups in total. The van der Waals surface area contributed by atoms with Crippen LogP contribution in [0, 0.1) is 0 Å². The highest BCUT2D eigenvalue weighted by Crippen LogP contribution is 2.34. The van der Waals surface area contributed by atoms with E-state index in [4.69, 9.17) is 13.9 Å². The number of methoxy groups -OCH3 is 1. The first-order valence-electron chi connectivity index (χ1n) is 9.86. The second kappa shape index (κ2) is 9.41. The van der Waals surface area contributed by atoms with Gasteiger partial charge in [-0.3, -0.25) is 19.3 Å². The number of imide groups is 1. The molecule has 2 aromatic rings. The van der Waals surface area contributed by atoms with E-state index in [-0.39, 0.29) is 17.4 Å². The maximum Gasteiger partial charge on any atom is 0.338 e. The van der Waals surface area contributed by atoms with Crippen LogP contribution in [-0.2, 0) is 19.1 Å². The number of ether oxygens (including phenoxy) is 2. The van der Waals surface area contributed by atoms with Crippen molar-refractivity contribution < 1.29 is 33.1 Å². The molecule has 0 saturated carbocycles. The molecule has 0 radical (unpaired) electrons. The largest absolute Gasteiger partial charge is 0.465 e. The van der Waals surface area contributed by atoms with Crippen LogP contribution in [0.25, 0.3) is 17.4 Å². The lowest BCUT2D eigenvalue weighted by atomic mass is 10.1. The van der Waals surface area contributed by atoms with Gasteiger partial charge < -0.3 is 18.8 Å². The maximum absolute atomic E-state index is 12.7. The van der Waals surface area contributed by atoms with E-state index in [9.17, 15) is 19.2 Å². The third-order valence-corrected chi connectivity index (χ3v) is 5.94. The number of morpholine rings is 1. The van der Waals surface area contributed by atoms with Crippen LogP contribution in [0.15, 0.2) is 45.7 Å². The summed E-state index contributed by atoms with van der Waals surface area (Å²) in [6.07, 6.45) is 1.45. The first-order valence-corrected chi connectivity index (χ1v) is 10.7. The number of nitrogens with zero attached hydrogens (tertiary/aromatic N) is 2. The van der Waals surface area contributed by atoms with Gasteiger partial charge in [0, 0.05) is 24.7 Å². The Kier molecular flexibility index (Phi) is 6.42. The smallest absolute Gasteiger partial charge is 0.338 e. The van der Waals surface area contributed by atoms with Crippen molar-refractivity contribution in [2.24, 2.45) is 0 Å². The Morgan fingerprint density at radius 1 is 1.12 bits per heavy atom. The number of hydrogen-bond donors (Lipinski definition) is 0. The van der Waals surface area contributed by atoms with Gasteiger partial charge in [0.1, 0.15) is 18.1 Å². The lowest BCUT2D eigenvalue weighted by molar-refractivity contribution is -0.139. The SMILES string of the molecule is COC(=O)c1ccccc1-c1ccc(/C=C2/SC(=O)N(CC(=O)N3CCOCC3)C2=O)o1. The molecular formula is C22H20N2O7S. The van der Waals surface area contributed by atoms with Crippen molar-refractivity contribution in [2.75, 3.05) is 40.0 Å². The van der Waals surface area contributed by atoms with Crippen LogP contribution >= 0.6 is 11.8 Å². The average Bonchev–Trinajstić information content (AvgIpc) is 3.39. The molecular weight excluding hydrogens is 436 g/mol. The summed E-state index contributed by atoms with van der Waals surface area (Å²) in [4.78, 5) is 52.1. The monoisotopic (exact) mass is 456 g/mol. The molecule has 0 aliphatic carbocycles. The van der Waals surface area contributed by atoms with Crippen LogP contribution in [-0.4, -0.2) is 72.8 Å². The van der Waals surface area contributed by atoms with E-state index in [2.05, 4.69) is 0 Å². The van der Waals surface area contributed by atoms with Crippen LogP contribution in [0.5, 0.6) is 0 Å². The normalized spacial score (nSPS) is 17.8. The summed E-state index contributed by atoms with van der Waals surface area (Å²) in [6, 6.07) is 10.1. The van der Waals surface area contributed by atoms with Crippen molar-refractivity contribution in [3.8, 4) is 11.3 Å². The van der Waals surface area contributed by atoms with Gasteiger partial charge in [0.2, 0.25) is 5.91 Å². The van der Waals surface area contributed by atoms with E-state index in [1.807, 2.05) is 0 Å². The van der Waals surface area contributed by atoms with Crippen molar-refractivity contribution >= 4 is 40.9 Å². The van der Waals surface area contributed by atoms with Crippen molar-refractivity contribution in [1.82, 2.24) is 9.80 Å². The van der Waals surface area contributed by atoms with Gasteiger partial charge in [-0.05, 0) is 30.0 Å². The van der Waals surface area contributed by atoms with Crippen LogP contribution < -0.4 is 0 Å². The summed E-state index contributed by atoms with van der Waals surface area (Å²) < 4.78 is 15.8. The van der Waals surface area contributed by atoms with Gasteiger partial charge in [-0.2, -0.15) is 0 Å². The molecule has 0 atom stereocenters. The topological polar surface area (TPSA) is 106 Å². The fourth-order valence-corrected chi connectivity index (χ4v) is 4.19. The standard InChI is InChI=1S/C22H20N2O7S/c1-29-21(27)16-5-3-2-4-15(16)17-7-6-14(31-17)12-18-20(26)24(22(28)32-18)13-19(25)23-8-10-30-11-9-23/h2-7,12H,8-11,13H2,1H3/b18-12+. The molecule has 10 heteroatoms. The molecule has 0 unspecified atom stereocenters. The molecule has 166 valence electrons. The molecule has 0 spiro atoms. The number of hydrogen-bond acceptors (Lipinski definition) is 8. The van der Waals surface area contributed by atoms with Gasteiger partial charge >= 0.3 is 5.97 Å². The van der Waals surface area contributed by atoms with E-state index < -0.39 is 17.1 Å². The number of carbonyl (C=O) groups excluding carboxylic acids is 4. The van der Waals surface area contributed by atoms with E-state index in [0.29, 0.717) is 49.0 Å². The third kappa shape index (κ3) is 4.46. The zero-order chi connectivity index (χ0) is 22.7. The van der Waals surface area contributed by atoms with Crippen molar-refractivity contribution in [3.63, 3.8) is 0 Å². The predicted octanol–water partition coefficient (Wildman–Crippen LogP) is 2.63. The molecule has 32 heavy (non-hydrogen) atoms. The summed E-state index contributed by atoms with van der Waals surface area (Å²) in [5.74, 6) is -0.584. The quantitative estimate of drug-likeness (QED) is 0.499. The maximum atomic E-state index is 12.7. The zero-order valence-electron chi connectivity index (χ0n) is 17.2. The summed E-state index contributed by atoms with van der Waals surface area (Å²) in [5, 5.41) is -0.509. The van der Waals surface area contributed by atoms with Crippen molar-refractivity contribution in [3.05, 3.63) is 52.6 Å². The number of carbonyl (C=O) groups is 4. The molecule has 2 aliphatic rings. The Morgan fingerprint density at radius 2 is 1.88 bits per heavy atom. The molecule has 2 fully saturated rings. The number of rotatable bonds is 5. The van der Waals surface area contributed by atoms with Crippen LogP contribution in [0.4, 0.5) is 4.79 Å². The molecule has 1 aromatic carbocycles. The number of benzene rings is 1. The molecule has 1 aromatic heterocycles. The van der Waals surface area contributed by atoms with Gasteiger partial charge in [-0.1, -0.05) is 18.2 Å². The minimum Gasteiger partial charge on any atom is -0.465 e. The fraction of sp³-hybridized carbons (Fsp3) is 0.273. The summed E-state index contributed by atoms with van der Waals surface area (Å²) >= 11 is 0.751. The minimum absolute atomic E-state index is 0.159. The number of amides is 3. The third-order valence-electron chi connectivity index (χ3n) is 5.03. The van der Waals surface area contributed by atoms with Crippen LogP contribution in [0.1, 0.15) is 16.1 Å². The molecule has 2 aliphatic heterocycles. The van der Waals surface area contributed by atoms with Gasteiger partial charge in [-0.25, -0.2) is 4.79 Å². The van der Waals surface area contributed by atoms with Crippen molar-refractivity contribution in [2.45, 2.75) is 0 Å². The number of thioether (sulfide) groups is 1. The van der Waals surface area contributed by atoms with E-state index >= 15 is 0 Å². The lowest BCUT2D eigenvalue weighted by Gasteiger charge is -2.27. The molecule has 4 rings (SSSR count). The van der Waals surface area contributed by atoms with Crippen molar-refractivity contribution in [1.29, 1.82) is 0 Å². The summed E-state index contributed by atoms with van der Waals surface area (Å²) in [5.41, 5.74) is 0.890. The van der Waals surface area contributed by atoms with Gasteiger partial charge in [-0.15, -0.1) is 0 Å². The molecule has 9 nitrogen and oxygen atoms in total. The van der Waals surface area contributed by atoms with E-state index in [1.54, 1.807) is 41.3 Å². The predicted molar refractivity (Wildman–Crippen MR) is 116 cm³/mol. The second-order valence-corrected chi connectivity index (χ2v) is 7.99. The van der Waals surface area contributed by atoms with E-state index in [0.717, 1.165) is 16.7 Å². The Hall–Kier alpha value is -3.37. The molecule has 3 heterocycles. The number of esters is 1. The highest BCUT2D eigenvalue weighted by molar-refractivity contribution is 8.18. The lowest BCUT2D eigenvalue weighted by Crippen LogP contribution is -2.46. The molecule has 3 amide bonds. The Balaban J connectivity index is 1.50. The summed E-state index contributed by atoms with van der Waals surface area (Å²) in [6.45, 7) is 1.44. The van der Waals surface area contributed by atoms with E-state index in [1.165, 1.54) is 13.2 Å². The first kappa shape index (κ1) is 21.8. The van der Waals surface area contributed by atoms with Gasteiger partial charge in [0.25, 0.3) is 11.1 Å².